The number of halogens is 2. The summed E-state index contributed by atoms with van der Waals surface area (Å²) in [4.78, 5) is 22.1. The lowest BCUT2D eigenvalue weighted by Crippen LogP contribution is -2.32. The number of hydrogen-bond acceptors (Lipinski definition) is 8. The zero-order valence-corrected chi connectivity index (χ0v) is 18.7. The molecule has 0 aliphatic carbocycles. The molecule has 3 aromatic rings. The van der Waals surface area contributed by atoms with Crippen molar-refractivity contribution in [2.24, 2.45) is 0 Å². The molecule has 34 heavy (non-hydrogen) atoms. The second-order valence-corrected chi connectivity index (χ2v) is 7.87. The summed E-state index contributed by atoms with van der Waals surface area (Å²) in [5.41, 5.74) is 0.566. The van der Waals surface area contributed by atoms with Crippen molar-refractivity contribution in [1.29, 1.82) is 0 Å². The van der Waals surface area contributed by atoms with E-state index < -0.39 is 17.7 Å². The third kappa shape index (κ3) is 5.22. The van der Waals surface area contributed by atoms with Gasteiger partial charge < -0.3 is 24.8 Å². The summed E-state index contributed by atoms with van der Waals surface area (Å²) >= 11 is 0. The first kappa shape index (κ1) is 23.4. The fourth-order valence-corrected chi connectivity index (χ4v) is 3.54. The van der Waals surface area contributed by atoms with Crippen molar-refractivity contribution in [1.82, 2.24) is 24.6 Å². The Labute approximate surface area is 194 Å². The Kier molecular flexibility index (Phi) is 6.87. The number of methoxy groups -OCH3 is 1. The number of carbonyl (C=O) groups excluding carboxylic acids is 1. The zero-order chi connectivity index (χ0) is 24.2. The van der Waals surface area contributed by atoms with Gasteiger partial charge in [-0.25, -0.2) is 18.7 Å². The molecule has 1 fully saturated rings. The molecule has 12 heteroatoms. The molecule has 0 radical (unpaired) electrons. The van der Waals surface area contributed by atoms with Gasteiger partial charge in [-0.05, 0) is 25.0 Å². The average Bonchev–Trinajstić information content (AvgIpc) is 3.46. The van der Waals surface area contributed by atoms with Gasteiger partial charge in [0.15, 0.2) is 17.3 Å². The number of rotatable bonds is 8. The lowest BCUT2D eigenvalue weighted by Gasteiger charge is -2.15. The van der Waals surface area contributed by atoms with E-state index in [9.17, 15) is 18.7 Å². The van der Waals surface area contributed by atoms with Crippen LogP contribution in [0.1, 0.15) is 17.5 Å². The van der Waals surface area contributed by atoms with Crippen LogP contribution in [-0.2, 0) is 17.9 Å². The smallest absolute Gasteiger partial charge is 0.244 e. The Morgan fingerprint density at radius 2 is 2.03 bits per heavy atom. The van der Waals surface area contributed by atoms with E-state index in [1.807, 2.05) is 0 Å². The van der Waals surface area contributed by atoms with Crippen molar-refractivity contribution >= 4 is 17.5 Å². The lowest BCUT2D eigenvalue weighted by molar-refractivity contribution is -0.131. The molecule has 0 spiro atoms. The van der Waals surface area contributed by atoms with Crippen molar-refractivity contribution in [2.75, 3.05) is 25.5 Å². The summed E-state index contributed by atoms with van der Waals surface area (Å²) in [6.07, 6.45) is 6.00. The minimum Gasteiger partial charge on any atom is -0.494 e. The van der Waals surface area contributed by atoms with Crippen LogP contribution in [0, 0.1) is 18.6 Å². The molecule has 1 atom stereocenters. The van der Waals surface area contributed by atoms with Crippen LogP contribution < -0.4 is 14.8 Å². The van der Waals surface area contributed by atoms with Gasteiger partial charge in [0, 0.05) is 19.3 Å². The van der Waals surface area contributed by atoms with Crippen LogP contribution in [0.4, 0.5) is 20.4 Å². The van der Waals surface area contributed by atoms with Crippen molar-refractivity contribution in [3.8, 4) is 11.5 Å². The first-order valence-electron chi connectivity index (χ1n) is 10.6. The van der Waals surface area contributed by atoms with E-state index in [0.29, 0.717) is 25.2 Å². The van der Waals surface area contributed by atoms with Gasteiger partial charge in [-0.3, -0.25) is 9.48 Å². The quantitative estimate of drug-likeness (QED) is 0.511. The van der Waals surface area contributed by atoms with Gasteiger partial charge in [0.2, 0.25) is 11.9 Å². The number of aliphatic hydroxyl groups excluding tert-OH is 1. The van der Waals surface area contributed by atoms with Crippen LogP contribution in [0.3, 0.4) is 0 Å². The van der Waals surface area contributed by atoms with Gasteiger partial charge in [-0.15, -0.1) is 0 Å². The monoisotopic (exact) mass is 474 g/mol. The highest BCUT2D eigenvalue weighted by Crippen LogP contribution is 2.27. The Morgan fingerprint density at radius 3 is 2.71 bits per heavy atom. The molecule has 0 bridgehead atoms. The first-order chi connectivity index (χ1) is 16.3. The van der Waals surface area contributed by atoms with Crippen LogP contribution in [0.2, 0.25) is 0 Å². The van der Waals surface area contributed by atoms with Crippen molar-refractivity contribution in [2.45, 2.75) is 32.6 Å². The number of nitrogens with one attached hydrogen (secondary N) is 1. The van der Waals surface area contributed by atoms with E-state index in [0.717, 1.165) is 0 Å². The predicted molar refractivity (Wildman–Crippen MR) is 117 cm³/mol. The zero-order valence-electron chi connectivity index (χ0n) is 18.7. The van der Waals surface area contributed by atoms with E-state index in [4.69, 9.17) is 9.47 Å². The Morgan fingerprint density at radius 1 is 1.26 bits per heavy atom. The number of nitrogens with zero attached hydrogens (tertiary/aromatic N) is 5. The topological polar surface area (TPSA) is 115 Å². The fraction of sp³-hybridized carbons (Fsp3) is 0.364. The number of amides is 1. The molecule has 1 aliphatic heterocycles. The summed E-state index contributed by atoms with van der Waals surface area (Å²) in [7, 11) is 1.31. The maximum atomic E-state index is 14.4. The van der Waals surface area contributed by atoms with Gasteiger partial charge in [0.05, 0.1) is 43.1 Å². The fourth-order valence-electron chi connectivity index (χ4n) is 3.54. The number of hydrogen-bond donors (Lipinski definition) is 2. The SMILES string of the molecule is COc1cc(C)c(F)c(COc2cnc(Nc3cnn(CC(=O)N4CC[C@H](O)C4)c3)nc2)c1F. The first-order valence-corrected chi connectivity index (χ1v) is 10.6. The van der Waals surface area contributed by atoms with E-state index in [-0.39, 0.29) is 47.6 Å². The van der Waals surface area contributed by atoms with Gasteiger partial charge >= 0.3 is 0 Å². The molecule has 2 N–H and O–H groups in total. The molecule has 3 heterocycles. The largest absolute Gasteiger partial charge is 0.494 e. The Hall–Kier alpha value is -3.80. The third-order valence-corrected chi connectivity index (χ3v) is 5.37. The molecular weight excluding hydrogens is 450 g/mol. The highest BCUT2D eigenvalue weighted by molar-refractivity contribution is 5.76. The molecule has 1 aromatic carbocycles. The van der Waals surface area contributed by atoms with E-state index in [1.165, 1.54) is 43.4 Å². The number of ether oxygens (including phenoxy) is 2. The number of carbonyl (C=O) groups is 1. The number of likely N-dealkylation sites (tertiary alicyclic amines) is 1. The third-order valence-electron chi connectivity index (χ3n) is 5.37. The van der Waals surface area contributed by atoms with Crippen LogP contribution in [0.15, 0.2) is 30.9 Å². The van der Waals surface area contributed by atoms with Gasteiger partial charge in [0.25, 0.3) is 0 Å². The summed E-state index contributed by atoms with van der Waals surface area (Å²) in [6.45, 7) is 2.08. The molecule has 1 saturated heterocycles. The number of benzene rings is 1. The molecule has 0 saturated carbocycles. The van der Waals surface area contributed by atoms with E-state index >= 15 is 0 Å². The van der Waals surface area contributed by atoms with Gasteiger partial charge in [0.1, 0.15) is 19.0 Å². The summed E-state index contributed by atoms with van der Waals surface area (Å²) in [5, 5.41) is 16.7. The number of aliphatic hydroxyl groups is 1. The van der Waals surface area contributed by atoms with Crippen LogP contribution >= 0.6 is 0 Å². The Balaban J connectivity index is 1.33. The summed E-state index contributed by atoms with van der Waals surface area (Å²) in [5.74, 6) is -1.24. The molecule has 1 amide bonds. The molecular formula is C22H24F2N6O4. The maximum absolute atomic E-state index is 14.4. The molecule has 10 nitrogen and oxygen atoms in total. The van der Waals surface area contributed by atoms with Crippen LogP contribution in [0.5, 0.6) is 11.5 Å². The number of aromatic nitrogens is 4. The Bertz CT molecular complexity index is 1170. The van der Waals surface area contributed by atoms with Gasteiger partial charge in [-0.1, -0.05) is 0 Å². The van der Waals surface area contributed by atoms with Crippen molar-refractivity contribution in [3.63, 3.8) is 0 Å². The molecule has 2 aromatic heterocycles. The summed E-state index contributed by atoms with van der Waals surface area (Å²) in [6, 6.07) is 1.28. The second-order valence-electron chi connectivity index (χ2n) is 7.87. The van der Waals surface area contributed by atoms with Crippen molar-refractivity contribution in [3.05, 3.63) is 53.6 Å². The number of β-amino-alcohol motifs (C(OH)–C–C–N with tert-alkyl or cyclic N) is 1. The highest BCUT2D eigenvalue weighted by atomic mass is 19.1. The normalized spacial score (nSPS) is 15.4. The van der Waals surface area contributed by atoms with E-state index in [1.54, 1.807) is 11.1 Å². The average molecular weight is 474 g/mol. The molecule has 180 valence electrons. The number of aryl methyl sites for hydroxylation is 1. The molecule has 4 rings (SSSR count). The van der Waals surface area contributed by atoms with Crippen LogP contribution in [-0.4, -0.2) is 62.0 Å². The molecule has 1 aliphatic rings. The summed E-state index contributed by atoms with van der Waals surface area (Å²) < 4.78 is 40.6. The van der Waals surface area contributed by atoms with Gasteiger partial charge in [-0.2, -0.15) is 5.10 Å². The number of anilines is 2. The predicted octanol–water partition coefficient (Wildman–Crippen LogP) is 2.18. The maximum Gasteiger partial charge on any atom is 0.244 e. The highest BCUT2D eigenvalue weighted by Gasteiger charge is 2.24. The minimum atomic E-state index is -0.818. The second kappa shape index (κ2) is 10.00. The van der Waals surface area contributed by atoms with Crippen molar-refractivity contribution < 1.29 is 28.2 Å². The standard InChI is InChI=1S/C22H24F2N6O4/c1-13-5-18(33-2)21(24)17(20(13)23)12-34-16-7-25-22(26-8-16)28-14-6-27-30(9-14)11-19(32)29-4-3-15(31)10-29/h5-9,15,31H,3-4,10-12H2,1-2H3,(H,25,26,28)/t15-/m0/s1. The van der Waals surface area contributed by atoms with E-state index in [2.05, 4.69) is 20.4 Å². The minimum absolute atomic E-state index is 0.0545. The van der Waals surface area contributed by atoms with Crippen LogP contribution in [0.25, 0.3) is 0 Å². The lowest BCUT2D eigenvalue weighted by atomic mass is 10.1. The molecule has 0 unspecified atom stereocenters.